The lowest BCUT2D eigenvalue weighted by molar-refractivity contribution is -0.139. The van der Waals surface area contributed by atoms with Crippen molar-refractivity contribution in [1.29, 1.82) is 0 Å². The summed E-state index contributed by atoms with van der Waals surface area (Å²) in [5.74, 6) is -0.273. The fourth-order valence-electron chi connectivity index (χ4n) is 2.13. The fourth-order valence-corrected chi connectivity index (χ4v) is 2.13. The molecule has 3 nitrogen and oxygen atoms in total. The van der Waals surface area contributed by atoms with Crippen LogP contribution in [0.3, 0.4) is 0 Å². The first-order chi connectivity index (χ1) is 8.20. The van der Waals surface area contributed by atoms with Crippen LogP contribution in [0.25, 0.3) is 0 Å². The van der Waals surface area contributed by atoms with Crippen molar-refractivity contribution >= 4 is 5.97 Å². The molecule has 0 saturated heterocycles. The molecular formula is C14H25NO2. The van der Waals surface area contributed by atoms with Crippen LogP contribution in [-0.4, -0.2) is 25.2 Å². The van der Waals surface area contributed by atoms with Crippen molar-refractivity contribution in [2.75, 3.05) is 13.2 Å². The van der Waals surface area contributed by atoms with Crippen LogP contribution in [0.15, 0.2) is 12.2 Å². The molecule has 1 rings (SSSR count). The summed E-state index contributed by atoms with van der Waals surface area (Å²) in [5.41, 5.74) is 0.477. The smallest absolute Gasteiger partial charge is 0.333 e. The molecule has 1 aliphatic carbocycles. The van der Waals surface area contributed by atoms with Crippen molar-refractivity contribution < 1.29 is 9.53 Å². The van der Waals surface area contributed by atoms with Crippen molar-refractivity contribution in [3.63, 3.8) is 0 Å². The number of hydrogen-bond donors (Lipinski definition) is 1. The van der Waals surface area contributed by atoms with Gasteiger partial charge in [0.1, 0.15) is 0 Å². The molecule has 0 spiro atoms. The second-order valence-corrected chi connectivity index (χ2v) is 4.91. The Labute approximate surface area is 105 Å². The number of unbranched alkanes of at least 4 members (excludes halogenated alkanes) is 1. The zero-order valence-corrected chi connectivity index (χ0v) is 11.0. The van der Waals surface area contributed by atoms with Gasteiger partial charge in [0.25, 0.3) is 0 Å². The van der Waals surface area contributed by atoms with E-state index in [4.69, 9.17) is 4.74 Å². The van der Waals surface area contributed by atoms with Gasteiger partial charge in [0.2, 0.25) is 0 Å². The number of carbonyl (C=O) groups excluding carboxylic acids is 1. The predicted molar refractivity (Wildman–Crippen MR) is 69.9 cm³/mol. The van der Waals surface area contributed by atoms with Gasteiger partial charge >= 0.3 is 5.97 Å². The molecule has 0 aromatic heterocycles. The van der Waals surface area contributed by atoms with E-state index in [9.17, 15) is 4.79 Å². The van der Waals surface area contributed by atoms with Gasteiger partial charge in [-0.05, 0) is 39.2 Å². The van der Waals surface area contributed by atoms with Crippen molar-refractivity contribution in [3.8, 4) is 0 Å². The highest BCUT2D eigenvalue weighted by molar-refractivity contribution is 5.86. The highest BCUT2D eigenvalue weighted by Gasteiger charge is 2.11. The summed E-state index contributed by atoms with van der Waals surface area (Å²) in [6.45, 7) is 6.77. The Balaban J connectivity index is 1.90. The van der Waals surface area contributed by atoms with Crippen LogP contribution in [0.1, 0.15) is 51.9 Å². The summed E-state index contributed by atoms with van der Waals surface area (Å²) in [6.07, 6.45) is 8.78. The summed E-state index contributed by atoms with van der Waals surface area (Å²) in [6, 6.07) is 0.724. The Morgan fingerprint density at radius 2 is 2.00 bits per heavy atom. The molecular weight excluding hydrogens is 214 g/mol. The highest BCUT2D eigenvalue weighted by Crippen LogP contribution is 2.17. The Bertz CT molecular complexity index is 245. The van der Waals surface area contributed by atoms with Crippen LogP contribution >= 0.6 is 0 Å². The van der Waals surface area contributed by atoms with Gasteiger partial charge in [0.15, 0.2) is 0 Å². The molecule has 0 aliphatic heterocycles. The number of esters is 1. The molecule has 0 aromatic carbocycles. The van der Waals surface area contributed by atoms with Crippen LogP contribution in [0, 0.1) is 0 Å². The fraction of sp³-hybridized carbons (Fsp3) is 0.786. The standard InChI is InChI=1S/C14H25NO2/c1-12(2)14(16)17-11-7-6-10-15-13-8-4-3-5-9-13/h13,15H,1,3-11H2,2H3. The quantitative estimate of drug-likeness (QED) is 0.422. The molecule has 0 aromatic rings. The minimum atomic E-state index is -0.273. The lowest BCUT2D eigenvalue weighted by Gasteiger charge is -2.22. The molecule has 0 heterocycles. The average Bonchev–Trinajstić information content (AvgIpc) is 2.34. The Morgan fingerprint density at radius 1 is 1.29 bits per heavy atom. The van der Waals surface area contributed by atoms with Crippen LogP contribution in [0.2, 0.25) is 0 Å². The van der Waals surface area contributed by atoms with Gasteiger partial charge in [0, 0.05) is 11.6 Å². The van der Waals surface area contributed by atoms with E-state index in [0.717, 1.165) is 25.4 Å². The summed E-state index contributed by atoms with van der Waals surface area (Å²) >= 11 is 0. The van der Waals surface area contributed by atoms with E-state index in [0.29, 0.717) is 12.2 Å². The summed E-state index contributed by atoms with van der Waals surface area (Å²) < 4.78 is 5.03. The molecule has 3 heteroatoms. The first kappa shape index (κ1) is 14.2. The van der Waals surface area contributed by atoms with Gasteiger partial charge in [-0.25, -0.2) is 4.79 Å². The molecule has 1 fully saturated rings. The second kappa shape index (κ2) is 8.29. The van der Waals surface area contributed by atoms with E-state index in [2.05, 4.69) is 11.9 Å². The zero-order chi connectivity index (χ0) is 12.5. The van der Waals surface area contributed by atoms with Crippen LogP contribution in [0.4, 0.5) is 0 Å². The monoisotopic (exact) mass is 239 g/mol. The molecule has 98 valence electrons. The Morgan fingerprint density at radius 3 is 2.65 bits per heavy atom. The maximum Gasteiger partial charge on any atom is 0.333 e. The van der Waals surface area contributed by atoms with E-state index in [1.807, 2.05) is 0 Å². The van der Waals surface area contributed by atoms with E-state index in [-0.39, 0.29) is 5.97 Å². The minimum Gasteiger partial charge on any atom is -0.462 e. The lowest BCUT2D eigenvalue weighted by Crippen LogP contribution is -2.31. The van der Waals surface area contributed by atoms with E-state index in [1.165, 1.54) is 32.1 Å². The molecule has 0 atom stereocenters. The number of nitrogens with one attached hydrogen (secondary N) is 1. The molecule has 0 amide bonds. The maximum atomic E-state index is 11.1. The first-order valence-corrected chi connectivity index (χ1v) is 6.76. The van der Waals surface area contributed by atoms with E-state index >= 15 is 0 Å². The molecule has 1 N–H and O–H groups in total. The molecule has 1 saturated carbocycles. The topological polar surface area (TPSA) is 38.3 Å². The van der Waals surface area contributed by atoms with Gasteiger partial charge in [-0.1, -0.05) is 25.8 Å². The number of ether oxygens (including phenoxy) is 1. The van der Waals surface area contributed by atoms with Gasteiger partial charge in [0.05, 0.1) is 6.61 Å². The van der Waals surface area contributed by atoms with Crippen LogP contribution < -0.4 is 5.32 Å². The molecule has 0 unspecified atom stereocenters. The second-order valence-electron chi connectivity index (χ2n) is 4.91. The zero-order valence-electron chi connectivity index (χ0n) is 11.0. The Hall–Kier alpha value is -0.830. The number of rotatable bonds is 7. The summed E-state index contributed by atoms with van der Waals surface area (Å²) in [7, 11) is 0. The minimum absolute atomic E-state index is 0.273. The highest BCUT2D eigenvalue weighted by atomic mass is 16.5. The van der Waals surface area contributed by atoms with Crippen molar-refractivity contribution in [1.82, 2.24) is 5.32 Å². The van der Waals surface area contributed by atoms with Gasteiger partial charge in [-0.2, -0.15) is 0 Å². The summed E-state index contributed by atoms with van der Waals surface area (Å²) in [5, 5.41) is 3.57. The SMILES string of the molecule is C=C(C)C(=O)OCCCCNC1CCCCC1. The third-order valence-corrected chi connectivity index (χ3v) is 3.19. The number of carbonyl (C=O) groups is 1. The predicted octanol–water partition coefficient (Wildman–Crippen LogP) is 2.81. The average molecular weight is 239 g/mol. The van der Waals surface area contributed by atoms with E-state index in [1.54, 1.807) is 6.92 Å². The Kier molecular flexibility index (Phi) is 6.94. The van der Waals surface area contributed by atoms with Crippen molar-refractivity contribution in [2.45, 2.75) is 57.9 Å². The molecule has 0 bridgehead atoms. The van der Waals surface area contributed by atoms with Crippen molar-refractivity contribution in [3.05, 3.63) is 12.2 Å². The van der Waals surface area contributed by atoms with E-state index < -0.39 is 0 Å². The number of hydrogen-bond acceptors (Lipinski definition) is 3. The first-order valence-electron chi connectivity index (χ1n) is 6.76. The lowest BCUT2D eigenvalue weighted by atomic mass is 9.95. The van der Waals surface area contributed by atoms with Crippen LogP contribution in [0.5, 0.6) is 0 Å². The van der Waals surface area contributed by atoms with Crippen molar-refractivity contribution in [2.24, 2.45) is 0 Å². The third-order valence-electron chi connectivity index (χ3n) is 3.19. The largest absolute Gasteiger partial charge is 0.462 e. The van der Waals surface area contributed by atoms with Gasteiger partial charge in [-0.15, -0.1) is 0 Å². The van der Waals surface area contributed by atoms with Gasteiger partial charge in [-0.3, -0.25) is 0 Å². The van der Waals surface area contributed by atoms with Crippen LogP contribution in [-0.2, 0) is 9.53 Å². The van der Waals surface area contributed by atoms with Gasteiger partial charge < -0.3 is 10.1 Å². The maximum absolute atomic E-state index is 11.1. The third kappa shape index (κ3) is 6.47. The molecule has 1 aliphatic rings. The molecule has 0 radical (unpaired) electrons. The molecule has 17 heavy (non-hydrogen) atoms. The normalized spacial score (nSPS) is 16.8. The summed E-state index contributed by atoms with van der Waals surface area (Å²) in [4.78, 5) is 11.1.